The van der Waals surface area contributed by atoms with Gasteiger partial charge in [-0.25, -0.2) is 0 Å². The van der Waals surface area contributed by atoms with Crippen LogP contribution in [-0.4, -0.2) is 19.4 Å². The second-order valence-electron chi connectivity index (χ2n) is 10.4. The van der Waals surface area contributed by atoms with E-state index in [0.717, 1.165) is 30.5 Å². The number of anilines is 2. The van der Waals surface area contributed by atoms with Gasteiger partial charge in [0.05, 0.1) is 10.7 Å². The summed E-state index contributed by atoms with van der Waals surface area (Å²) >= 11 is 1.78. The molecule has 2 aliphatic heterocycles. The molecule has 37 heavy (non-hydrogen) atoms. The number of nitrogens with zero attached hydrogens (tertiary/aromatic N) is 2. The van der Waals surface area contributed by atoms with Gasteiger partial charge in [-0.05, 0) is 66.5 Å². The molecule has 3 nitrogen and oxygen atoms in total. The Balaban J connectivity index is 1.27. The molecule has 186 valence electrons. The van der Waals surface area contributed by atoms with E-state index in [1.54, 1.807) is 11.8 Å². The molecule has 0 saturated heterocycles. The number of rotatable bonds is 3. The minimum absolute atomic E-state index is 0.148. The van der Waals surface area contributed by atoms with E-state index in [4.69, 9.17) is 0 Å². The molecule has 3 aliphatic rings. The van der Waals surface area contributed by atoms with Crippen LogP contribution >= 0.6 is 11.8 Å². The zero-order valence-electron chi connectivity index (χ0n) is 21.9. The molecule has 3 aromatic carbocycles. The SMILES string of the molecule is CCN1/C(=C/C=C2\CC/C(=C/C=C3/N(C)c4ccc5ccccc5c4C3(C)C)C2=O)Sc2ccccc21. The lowest BCUT2D eigenvalue weighted by Crippen LogP contribution is -2.22. The van der Waals surface area contributed by atoms with Crippen molar-refractivity contribution >= 4 is 39.7 Å². The molecule has 0 atom stereocenters. The van der Waals surface area contributed by atoms with Crippen molar-refractivity contribution in [3.05, 3.63) is 112 Å². The van der Waals surface area contributed by atoms with Crippen LogP contribution in [0.15, 0.2) is 112 Å². The standard InChI is InChI=1S/C33H32N2OS/c1-5-35-26-12-8-9-13-28(26)37-30(35)21-18-24-15-14-23(32(24)36)17-20-29-33(2,3)31-25-11-7-6-10-22(25)16-19-27(31)34(29)4/h6-13,16-21H,5,14-15H2,1-4H3/b23-17-,24-18+,29-20+,30-21-. The molecule has 2 heterocycles. The van der Waals surface area contributed by atoms with Gasteiger partial charge in [-0.3, -0.25) is 4.79 Å². The van der Waals surface area contributed by atoms with Gasteiger partial charge in [0.25, 0.3) is 0 Å². The highest BCUT2D eigenvalue weighted by atomic mass is 32.2. The number of ketones is 1. The Morgan fingerprint density at radius 2 is 1.57 bits per heavy atom. The zero-order chi connectivity index (χ0) is 25.7. The van der Waals surface area contributed by atoms with Crippen molar-refractivity contribution in [3.63, 3.8) is 0 Å². The summed E-state index contributed by atoms with van der Waals surface area (Å²) in [7, 11) is 2.14. The lowest BCUT2D eigenvalue weighted by Gasteiger charge is -2.24. The van der Waals surface area contributed by atoms with Crippen LogP contribution in [0.4, 0.5) is 11.4 Å². The quantitative estimate of drug-likeness (QED) is 0.336. The number of hydrogen-bond acceptors (Lipinski definition) is 4. The molecule has 6 rings (SSSR count). The molecule has 0 amide bonds. The van der Waals surface area contributed by atoms with E-state index >= 15 is 0 Å². The first-order chi connectivity index (χ1) is 17.9. The van der Waals surface area contributed by atoms with Gasteiger partial charge in [-0.2, -0.15) is 0 Å². The number of Topliss-reactive ketones (excluding diaryl/α,β-unsaturated/α-hetero) is 1. The Bertz CT molecular complexity index is 1560. The summed E-state index contributed by atoms with van der Waals surface area (Å²) in [5.41, 5.74) is 6.73. The Kier molecular flexibility index (Phi) is 5.88. The van der Waals surface area contributed by atoms with E-state index < -0.39 is 0 Å². The summed E-state index contributed by atoms with van der Waals surface area (Å²) in [6.45, 7) is 7.65. The van der Waals surface area contributed by atoms with Crippen LogP contribution in [0.25, 0.3) is 10.8 Å². The van der Waals surface area contributed by atoms with E-state index in [0.29, 0.717) is 0 Å². The maximum atomic E-state index is 13.3. The minimum atomic E-state index is -0.148. The topological polar surface area (TPSA) is 23.6 Å². The molecule has 0 bridgehead atoms. The number of thioether (sulfide) groups is 1. The van der Waals surface area contributed by atoms with Crippen LogP contribution in [0, 0.1) is 0 Å². The van der Waals surface area contributed by atoms with Crippen molar-refractivity contribution in [2.45, 2.75) is 43.9 Å². The predicted molar refractivity (Wildman–Crippen MR) is 157 cm³/mol. The van der Waals surface area contributed by atoms with Gasteiger partial charge in [0.2, 0.25) is 0 Å². The van der Waals surface area contributed by atoms with Crippen LogP contribution in [0.3, 0.4) is 0 Å². The first kappa shape index (κ1) is 23.9. The van der Waals surface area contributed by atoms with Crippen LogP contribution < -0.4 is 9.80 Å². The lowest BCUT2D eigenvalue weighted by molar-refractivity contribution is -0.111. The first-order valence-electron chi connectivity index (χ1n) is 13.1. The molecule has 0 aromatic heterocycles. The molecule has 0 radical (unpaired) electrons. The summed E-state index contributed by atoms with van der Waals surface area (Å²) in [5, 5.41) is 3.75. The number of allylic oxidation sites excluding steroid dienone is 7. The second-order valence-corrected chi connectivity index (χ2v) is 11.5. The smallest absolute Gasteiger partial charge is 0.185 e. The second kappa shape index (κ2) is 9.11. The van der Waals surface area contributed by atoms with Gasteiger partial charge in [0.1, 0.15) is 0 Å². The summed E-state index contributed by atoms with van der Waals surface area (Å²) in [4.78, 5) is 19.2. The van der Waals surface area contributed by atoms with Crippen LogP contribution in [0.5, 0.6) is 0 Å². The largest absolute Gasteiger partial charge is 0.347 e. The fourth-order valence-corrected chi connectivity index (χ4v) is 7.20. The average Bonchev–Trinajstić information content (AvgIpc) is 3.51. The van der Waals surface area contributed by atoms with Gasteiger partial charge in [-0.1, -0.05) is 80.2 Å². The van der Waals surface area contributed by atoms with E-state index in [9.17, 15) is 4.79 Å². The number of hydrogen-bond donors (Lipinski definition) is 0. The number of likely N-dealkylation sites (N-methyl/N-ethyl adjacent to an activating group) is 1. The molecule has 1 aliphatic carbocycles. The van der Waals surface area contributed by atoms with Crippen molar-refractivity contribution < 1.29 is 4.79 Å². The van der Waals surface area contributed by atoms with Gasteiger partial charge < -0.3 is 9.80 Å². The molecular formula is C33H32N2OS. The van der Waals surface area contributed by atoms with E-state index in [1.807, 2.05) is 6.08 Å². The van der Waals surface area contributed by atoms with Gasteiger partial charge >= 0.3 is 0 Å². The minimum Gasteiger partial charge on any atom is -0.347 e. The third-order valence-electron chi connectivity index (χ3n) is 7.96. The van der Waals surface area contributed by atoms with Crippen LogP contribution in [-0.2, 0) is 10.2 Å². The zero-order valence-corrected chi connectivity index (χ0v) is 22.7. The molecule has 0 unspecified atom stereocenters. The Labute approximate surface area is 223 Å². The number of carbonyl (C=O) groups is 1. The number of fused-ring (bicyclic) bond motifs is 4. The van der Waals surface area contributed by atoms with E-state index in [-0.39, 0.29) is 11.2 Å². The molecule has 1 fully saturated rings. The summed E-state index contributed by atoms with van der Waals surface area (Å²) in [6.07, 6.45) is 10.00. The van der Waals surface area contributed by atoms with Crippen molar-refractivity contribution in [2.24, 2.45) is 0 Å². The number of benzene rings is 3. The average molecular weight is 505 g/mol. The van der Waals surface area contributed by atoms with Crippen molar-refractivity contribution in [1.29, 1.82) is 0 Å². The Hall–Kier alpha value is -3.50. The summed E-state index contributed by atoms with van der Waals surface area (Å²) in [6, 6.07) is 21.5. The van der Waals surface area contributed by atoms with Crippen molar-refractivity contribution in [3.8, 4) is 0 Å². The third kappa shape index (κ3) is 3.86. The maximum absolute atomic E-state index is 13.3. The molecule has 1 saturated carbocycles. The fourth-order valence-electron chi connectivity index (χ4n) is 6.07. The Morgan fingerprint density at radius 1 is 0.865 bits per heavy atom. The molecular weight excluding hydrogens is 472 g/mol. The normalized spacial score (nSPS) is 22.8. The van der Waals surface area contributed by atoms with Gasteiger partial charge in [0, 0.05) is 46.4 Å². The molecule has 3 aromatic rings. The molecule has 0 N–H and O–H groups in total. The number of para-hydroxylation sites is 1. The number of carbonyl (C=O) groups excluding carboxylic acids is 1. The molecule has 0 spiro atoms. The van der Waals surface area contributed by atoms with Gasteiger partial charge in [0.15, 0.2) is 5.78 Å². The summed E-state index contributed by atoms with van der Waals surface area (Å²) < 4.78 is 0. The van der Waals surface area contributed by atoms with Crippen molar-refractivity contribution in [2.75, 3.05) is 23.4 Å². The van der Waals surface area contributed by atoms with Crippen LogP contribution in [0.1, 0.15) is 39.2 Å². The maximum Gasteiger partial charge on any atom is 0.185 e. The Morgan fingerprint density at radius 3 is 2.35 bits per heavy atom. The highest BCUT2D eigenvalue weighted by Gasteiger charge is 2.39. The highest BCUT2D eigenvalue weighted by Crippen LogP contribution is 2.50. The van der Waals surface area contributed by atoms with E-state index in [2.05, 4.69) is 117 Å². The monoisotopic (exact) mass is 504 g/mol. The first-order valence-corrected chi connectivity index (χ1v) is 13.9. The van der Waals surface area contributed by atoms with Gasteiger partial charge in [-0.15, -0.1) is 0 Å². The predicted octanol–water partition coefficient (Wildman–Crippen LogP) is 8.14. The summed E-state index contributed by atoms with van der Waals surface area (Å²) in [5.74, 6) is 0.179. The highest BCUT2D eigenvalue weighted by molar-refractivity contribution is 8.03. The lowest BCUT2D eigenvalue weighted by atomic mass is 9.81. The van der Waals surface area contributed by atoms with Crippen LogP contribution in [0.2, 0.25) is 0 Å². The van der Waals surface area contributed by atoms with Crippen molar-refractivity contribution in [1.82, 2.24) is 0 Å². The fraction of sp³-hybridized carbons (Fsp3) is 0.242. The van der Waals surface area contributed by atoms with E-state index in [1.165, 1.54) is 43.3 Å². The third-order valence-corrected chi connectivity index (χ3v) is 9.10. The molecule has 4 heteroatoms.